The number of amides is 1. The van der Waals surface area contributed by atoms with Crippen molar-refractivity contribution in [3.8, 4) is 0 Å². The average Bonchev–Trinajstić information content (AvgIpc) is 3.25. The van der Waals surface area contributed by atoms with Crippen LogP contribution in [0, 0.1) is 0 Å². The van der Waals surface area contributed by atoms with E-state index in [0.717, 1.165) is 31.0 Å². The summed E-state index contributed by atoms with van der Waals surface area (Å²) in [5.41, 5.74) is 0.933. The number of anilines is 1. The number of nitrogens with zero attached hydrogens (tertiary/aromatic N) is 4. The predicted molar refractivity (Wildman–Crippen MR) is 94.5 cm³/mol. The Kier molecular flexibility index (Phi) is 4.29. The van der Waals surface area contributed by atoms with Gasteiger partial charge in [-0.05, 0) is 45.5 Å². The topological polar surface area (TPSA) is 62.5 Å². The first kappa shape index (κ1) is 16.3. The molecule has 2 aliphatic heterocycles. The van der Waals surface area contributed by atoms with E-state index in [-0.39, 0.29) is 11.8 Å². The van der Waals surface area contributed by atoms with Gasteiger partial charge >= 0.3 is 0 Å². The number of rotatable bonds is 3. The van der Waals surface area contributed by atoms with Crippen LogP contribution in [0.5, 0.6) is 0 Å². The van der Waals surface area contributed by atoms with E-state index in [1.807, 2.05) is 35.2 Å². The molecule has 1 amide bonds. The monoisotopic (exact) mass is 340 g/mol. The molecule has 6 nitrogen and oxygen atoms in total. The first-order chi connectivity index (χ1) is 12.1. The van der Waals surface area contributed by atoms with Crippen LogP contribution in [0.2, 0.25) is 0 Å². The molecular weight excluding hydrogens is 316 g/mol. The van der Waals surface area contributed by atoms with Gasteiger partial charge in [-0.15, -0.1) is 0 Å². The molecule has 2 fully saturated rings. The molecule has 0 N–H and O–H groups in total. The SMILES string of the molecule is C[C@H]1C[C@@H](c2nc(C3CC(=O)N(c4ccccc4)C3)no2)CCN1C. The molecule has 0 aliphatic carbocycles. The van der Waals surface area contributed by atoms with Crippen molar-refractivity contribution < 1.29 is 9.32 Å². The van der Waals surface area contributed by atoms with Gasteiger partial charge < -0.3 is 14.3 Å². The molecule has 0 spiro atoms. The van der Waals surface area contributed by atoms with Gasteiger partial charge in [-0.1, -0.05) is 23.4 Å². The maximum Gasteiger partial charge on any atom is 0.229 e. The van der Waals surface area contributed by atoms with E-state index in [1.165, 1.54) is 0 Å². The molecule has 3 atom stereocenters. The number of carbonyl (C=O) groups is 1. The Morgan fingerprint density at radius 1 is 1.20 bits per heavy atom. The third-order valence-electron chi connectivity index (χ3n) is 5.57. The summed E-state index contributed by atoms with van der Waals surface area (Å²) in [5.74, 6) is 1.87. The van der Waals surface area contributed by atoms with Crippen LogP contribution in [0.1, 0.15) is 49.7 Å². The standard InChI is InChI=1S/C19H24N4O2/c1-13-10-14(8-9-22(13)2)19-20-18(21-25-19)15-11-17(24)23(12-15)16-6-4-3-5-7-16/h3-7,13-15H,8-12H2,1-2H3/t13-,14-,15?/m0/s1. The summed E-state index contributed by atoms with van der Waals surface area (Å²) >= 11 is 0. The fourth-order valence-corrected chi connectivity index (χ4v) is 3.83. The molecule has 132 valence electrons. The Labute approximate surface area is 147 Å². The van der Waals surface area contributed by atoms with Crippen molar-refractivity contribution in [2.45, 2.75) is 44.1 Å². The van der Waals surface area contributed by atoms with Crippen LogP contribution in [-0.2, 0) is 4.79 Å². The summed E-state index contributed by atoms with van der Waals surface area (Å²) in [6, 6.07) is 10.3. The maximum atomic E-state index is 12.4. The summed E-state index contributed by atoms with van der Waals surface area (Å²) in [4.78, 5) is 21.2. The molecule has 0 saturated carbocycles. The van der Waals surface area contributed by atoms with Crippen molar-refractivity contribution in [3.05, 3.63) is 42.0 Å². The fraction of sp³-hybridized carbons (Fsp3) is 0.526. The van der Waals surface area contributed by atoms with Gasteiger partial charge in [0.1, 0.15) is 0 Å². The van der Waals surface area contributed by atoms with Gasteiger partial charge in [-0.2, -0.15) is 4.98 Å². The van der Waals surface area contributed by atoms with Crippen LogP contribution in [0.15, 0.2) is 34.9 Å². The van der Waals surface area contributed by atoms with E-state index in [2.05, 4.69) is 29.0 Å². The Bertz CT molecular complexity index is 745. The summed E-state index contributed by atoms with van der Waals surface area (Å²) in [6.45, 7) is 3.90. The third kappa shape index (κ3) is 3.18. The van der Waals surface area contributed by atoms with Crippen molar-refractivity contribution in [1.82, 2.24) is 15.0 Å². The molecule has 6 heteroatoms. The Morgan fingerprint density at radius 3 is 2.76 bits per heavy atom. The van der Waals surface area contributed by atoms with E-state index in [1.54, 1.807) is 0 Å². The molecule has 3 heterocycles. The number of piperidine rings is 1. The van der Waals surface area contributed by atoms with Crippen molar-refractivity contribution in [2.75, 3.05) is 25.0 Å². The zero-order chi connectivity index (χ0) is 17.4. The molecule has 2 aliphatic rings. The first-order valence-corrected chi connectivity index (χ1v) is 9.01. The Hall–Kier alpha value is -2.21. The molecular formula is C19H24N4O2. The van der Waals surface area contributed by atoms with Gasteiger partial charge in [-0.25, -0.2) is 0 Å². The molecule has 1 unspecified atom stereocenters. The second-order valence-corrected chi connectivity index (χ2v) is 7.28. The highest BCUT2D eigenvalue weighted by Gasteiger charge is 2.35. The van der Waals surface area contributed by atoms with E-state index in [0.29, 0.717) is 30.7 Å². The van der Waals surface area contributed by atoms with E-state index in [9.17, 15) is 4.79 Å². The Balaban J connectivity index is 1.47. The highest BCUT2D eigenvalue weighted by Crippen LogP contribution is 2.33. The lowest BCUT2D eigenvalue weighted by Gasteiger charge is -2.33. The lowest BCUT2D eigenvalue weighted by atomic mass is 9.92. The molecule has 0 radical (unpaired) electrons. The molecule has 4 rings (SSSR count). The van der Waals surface area contributed by atoms with Gasteiger partial charge in [0.25, 0.3) is 0 Å². The minimum Gasteiger partial charge on any atom is -0.339 e. The van der Waals surface area contributed by atoms with Gasteiger partial charge in [0, 0.05) is 36.5 Å². The number of aromatic nitrogens is 2. The lowest BCUT2D eigenvalue weighted by molar-refractivity contribution is -0.117. The van der Waals surface area contributed by atoms with Crippen LogP contribution in [-0.4, -0.2) is 47.1 Å². The zero-order valence-electron chi connectivity index (χ0n) is 14.8. The van der Waals surface area contributed by atoms with Gasteiger partial charge in [0.15, 0.2) is 5.82 Å². The fourth-order valence-electron chi connectivity index (χ4n) is 3.83. The van der Waals surface area contributed by atoms with Crippen LogP contribution >= 0.6 is 0 Å². The highest BCUT2D eigenvalue weighted by molar-refractivity contribution is 5.96. The first-order valence-electron chi connectivity index (χ1n) is 9.01. The van der Waals surface area contributed by atoms with E-state index in [4.69, 9.17) is 4.52 Å². The summed E-state index contributed by atoms with van der Waals surface area (Å²) in [5, 5.41) is 4.20. The molecule has 1 aromatic carbocycles. The number of likely N-dealkylation sites (tertiary alicyclic amines) is 1. The summed E-state index contributed by atoms with van der Waals surface area (Å²) in [7, 11) is 2.16. The average molecular weight is 340 g/mol. The number of benzene rings is 1. The van der Waals surface area contributed by atoms with Gasteiger partial charge in [0.05, 0.1) is 0 Å². The quantitative estimate of drug-likeness (QED) is 0.860. The molecule has 1 aromatic heterocycles. The van der Waals surface area contributed by atoms with Crippen molar-refractivity contribution in [1.29, 1.82) is 0 Å². The normalized spacial score (nSPS) is 27.8. The van der Waals surface area contributed by atoms with Gasteiger partial charge in [0.2, 0.25) is 11.8 Å². The zero-order valence-corrected chi connectivity index (χ0v) is 14.8. The Morgan fingerprint density at radius 2 is 2.00 bits per heavy atom. The predicted octanol–water partition coefficient (Wildman–Crippen LogP) is 2.79. The number of para-hydroxylation sites is 1. The second kappa shape index (κ2) is 6.59. The minimum absolute atomic E-state index is 0.00823. The summed E-state index contributed by atoms with van der Waals surface area (Å²) in [6.07, 6.45) is 2.53. The lowest BCUT2D eigenvalue weighted by Crippen LogP contribution is -2.37. The van der Waals surface area contributed by atoms with E-state index >= 15 is 0 Å². The van der Waals surface area contributed by atoms with Crippen molar-refractivity contribution in [2.24, 2.45) is 0 Å². The number of hydrogen-bond donors (Lipinski definition) is 0. The van der Waals surface area contributed by atoms with E-state index < -0.39 is 0 Å². The second-order valence-electron chi connectivity index (χ2n) is 7.28. The van der Waals surface area contributed by atoms with Crippen LogP contribution in [0.4, 0.5) is 5.69 Å². The molecule has 0 bridgehead atoms. The summed E-state index contributed by atoms with van der Waals surface area (Å²) < 4.78 is 5.57. The number of carbonyl (C=O) groups excluding carboxylic acids is 1. The molecule has 2 saturated heterocycles. The van der Waals surface area contributed by atoms with Crippen LogP contribution in [0.25, 0.3) is 0 Å². The molecule has 2 aromatic rings. The van der Waals surface area contributed by atoms with Crippen LogP contribution in [0.3, 0.4) is 0 Å². The van der Waals surface area contributed by atoms with Crippen LogP contribution < -0.4 is 4.90 Å². The largest absolute Gasteiger partial charge is 0.339 e. The van der Waals surface area contributed by atoms with Gasteiger partial charge in [-0.3, -0.25) is 4.79 Å². The smallest absolute Gasteiger partial charge is 0.229 e. The third-order valence-corrected chi connectivity index (χ3v) is 5.57. The molecule has 25 heavy (non-hydrogen) atoms. The highest BCUT2D eigenvalue weighted by atomic mass is 16.5. The number of hydrogen-bond acceptors (Lipinski definition) is 5. The van der Waals surface area contributed by atoms with Crippen molar-refractivity contribution >= 4 is 11.6 Å². The van der Waals surface area contributed by atoms with Crippen molar-refractivity contribution in [3.63, 3.8) is 0 Å². The maximum absolute atomic E-state index is 12.4. The minimum atomic E-state index is 0.00823.